The third-order valence-corrected chi connectivity index (χ3v) is 1.53. The van der Waals surface area contributed by atoms with Gasteiger partial charge in [-0.25, -0.2) is 0 Å². The first-order valence-corrected chi connectivity index (χ1v) is 3.96. The lowest BCUT2D eigenvalue weighted by atomic mass is 10.2. The summed E-state index contributed by atoms with van der Waals surface area (Å²) in [5.74, 6) is 0. The van der Waals surface area contributed by atoms with Crippen LogP contribution in [-0.4, -0.2) is 24.9 Å². The lowest BCUT2D eigenvalue weighted by Crippen LogP contribution is -2.14. The third-order valence-electron chi connectivity index (χ3n) is 1.53. The minimum absolute atomic E-state index is 0.918. The van der Waals surface area contributed by atoms with E-state index in [2.05, 4.69) is 15.3 Å². The van der Waals surface area contributed by atoms with Gasteiger partial charge >= 0.3 is 0 Å². The second-order valence-electron chi connectivity index (χ2n) is 2.45. The topological polar surface area (TPSA) is 37.3 Å². The second-order valence-corrected chi connectivity index (χ2v) is 2.45. The van der Waals surface area contributed by atoms with Crippen molar-refractivity contribution in [2.45, 2.75) is 6.42 Å². The van der Waals surface area contributed by atoms with Gasteiger partial charge in [0, 0.05) is 26.0 Å². The number of nitrogens with zero attached hydrogens (tertiary/aromatic N) is 2. The molecule has 0 saturated heterocycles. The van der Waals surface area contributed by atoms with E-state index in [4.69, 9.17) is 0 Å². The predicted octanol–water partition coefficient (Wildman–Crippen LogP) is 0.872. The van der Waals surface area contributed by atoms with Crippen molar-refractivity contribution in [2.24, 2.45) is 4.99 Å². The van der Waals surface area contributed by atoms with Gasteiger partial charge in [0.15, 0.2) is 0 Å². The van der Waals surface area contributed by atoms with Crippen molar-refractivity contribution in [3.05, 3.63) is 30.1 Å². The SMILES string of the molecule is CN=CNCCc1ccncc1. The zero-order valence-corrected chi connectivity index (χ0v) is 7.20. The number of aliphatic imine (C=N–C) groups is 1. The van der Waals surface area contributed by atoms with Crippen molar-refractivity contribution in [2.75, 3.05) is 13.6 Å². The van der Waals surface area contributed by atoms with Gasteiger partial charge in [0.2, 0.25) is 0 Å². The highest BCUT2D eigenvalue weighted by Gasteiger charge is 1.88. The molecule has 1 aromatic heterocycles. The van der Waals surface area contributed by atoms with Crippen LogP contribution in [0, 0.1) is 0 Å². The van der Waals surface area contributed by atoms with Gasteiger partial charge in [-0.05, 0) is 24.1 Å². The molecule has 1 aromatic rings. The van der Waals surface area contributed by atoms with Gasteiger partial charge in [0.25, 0.3) is 0 Å². The van der Waals surface area contributed by atoms with Gasteiger partial charge in [-0.2, -0.15) is 0 Å². The molecular formula is C9H13N3. The number of hydrogen-bond acceptors (Lipinski definition) is 2. The molecule has 0 radical (unpaired) electrons. The Morgan fingerprint density at radius 1 is 1.50 bits per heavy atom. The van der Waals surface area contributed by atoms with Crippen molar-refractivity contribution >= 4 is 6.34 Å². The van der Waals surface area contributed by atoms with Gasteiger partial charge in [-0.1, -0.05) is 0 Å². The molecule has 0 aliphatic heterocycles. The fraction of sp³-hybridized carbons (Fsp3) is 0.333. The summed E-state index contributed by atoms with van der Waals surface area (Å²) in [4.78, 5) is 7.76. The molecule has 0 aliphatic rings. The number of rotatable bonds is 4. The Morgan fingerprint density at radius 2 is 2.25 bits per heavy atom. The van der Waals surface area contributed by atoms with Gasteiger partial charge < -0.3 is 5.32 Å². The summed E-state index contributed by atoms with van der Waals surface area (Å²) in [7, 11) is 1.75. The van der Waals surface area contributed by atoms with Gasteiger partial charge in [0.1, 0.15) is 0 Å². The van der Waals surface area contributed by atoms with Crippen LogP contribution in [0.2, 0.25) is 0 Å². The fourth-order valence-electron chi connectivity index (χ4n) is 0.922. The van der Waals surface area contributed by atoms with Gasteiger partial charge in [-0.15, -0.1) is 0 Å². The van der Waals surface area contributed by atoms with Crippen molar-refractivity contribution in [1.29, 1.82) is 0 Å². The van der Waals surface area contributed by atoms with Crippen LogP contribution < -0.4 is 5.32 Å². The predicted molar refractivity (Wildman–Crippen MR) is 50.4 cm³/mol. The maximum atomic E-state index is 3.94. The minimum atomic E-state index is 0.918. The highest BCUT2D eigenvalue weighted by molar-refractivity contribution is 5.53. The molecule has 3 nitrogen and oxygen atoms in total. The summed E-state index contributed by atoms with van der Waals surface area (Å²) in [6.07, 6.45) is 6.34. The number of pyridine rings is 1. The Balaban J connectivity index is 2.24. The highest BCUT2D eigenvalue weighted by atomic mass is 14.9. The molecule has 0 aliphatic carbocycles. The third kappa shape index (κ3) is 3.14. The van der Waals surface area contributed by atoms with E-state index in [1.807, 2.05) is 24.5 Å². The molecule has 64 valence electrons. The zero-order valence-electron chi connectivity index (χ0n) is 7.20. The first kappa shape index (κ1) is 8.71. The molecular weight excluding hydrogens is 150 g/mol. The lowest BCUT2D eigenvalue weighted by molar-refractivity contribution is 0.875. The van der Waals surface area contributed by atoms with Crippen LogP contribution in [0.3, 0.4) is 0 Å². The first-order valence-electron chi connectivity index (χ1n) is 3.96. The average molecular weight is 163 g/mol. The average Bonchev–Trinajstić information content (AvgIpc) is 2.14. The molecule has 1 heterocycles. The monoisotopic (exact) mass is 163 g/mol. The Kier molecular flexibility index (Phi) is 3.84. The van der Waals surface area contributed by atoms with Crippen LogP contribution >= 0.6 is 0 Å². The summed E-state index contributed by atoms with van der Waals surface area (Å²) in [6.45, 7) is 0.918. The molecule has 0 amide bonds. The maximum Gasteiger partial charge on any atom is 0.0820 e. The molecule has 3 heteroatoms. The molecule has 12 heavy (non-hydrogen) atoms. The Morgan fingerprint density at radius 3 is 2.92 bits per heavy atom. The van der Waals surface area contributed by atoms with E-state index in [9.17, 15) is 0 Å². The normalized spacial score (nSPS) is 10.4. The summed E-state index contributed by atoms with van der Waals surface area (Å²) < 4.78 is 0. The van der Waals surface area contributed by atoms with E-state index in [0.717, 1.165) is 13.0 Å². The van der Waals surface area contributed by atoms with Crippen molar-refractivity contribution in [3.63, 3.8) is 0 Å². The molecule has 1 rings (SSSR count). The van der Waals surface area contributed by atoms with Crippen LogP contribution in [-0.2, 0) is 6.42 Å². The summed E-state index contributed by atoms with van der Waals surface area (Å²) in [6, 6.07) is 4.04. The van der Waals surface area contributed by atoms with E-state index in [1.54, 1.807) is 13.4 Å². The lowest BCUT2D eigenvalue weighted by Gasteiger charge is -1.99. The summed E-state index contributed by atoms with van der Waals surface area (Å²) >= 11 is 0. The maximum absolute atomic E-state index is 3.94. The van der Waals surface area contributed by atoms with Crippen LogP contribution in [0.15, 0.2) is 29.5 Å². The Bertz CT molecular complexity index is 231. The summed E-state index contributed by atoms with van der Waals surface area (Å²) in [5.41, 5.74) is 1.29. The van der Waals surface area contributed by atoms with Crippen molar-refractivity contribution in [1.82, 2.24) is 10.3 Å². The quantitative estimate of drug-likeness (QED) is 0.406. The van der Waals surface area contributed by atoms with E-state index in [0.29, 0.717) is 0 Å². The number of aromatic nitrogens is 1. The molecule has 0 spiro atoms. The second kappa shape index (κ2) is 5.29. The van der Waals surface area contributed by atoms with E-state index >= 15 is 0 Å². The molecule has 0 fully saturated rings. The van der Waals surface area contributed by atoms with Crippen molar-refractivity contribution < 1.29 is 0 Å². The zero-order chi connectivity index (χ0) is 8.65. The number of hydrogen-bond donors (Lipinski definition) is 1. The van der Waals surface area contributed by atoms with E-state index in [-0.39, 0.29) is 0 Å². The number of nitrogens with one attached hydrogen (secondary N) is 1. The molecule has 0 bridgehead atoms. The van der Waals surface area contributed by atoms with Crippen LogP contribution in [0.25, 0.3) is 0 Å². The van der Waals surface area contributed by atoms with E-state index < -0.39 is 0 Å². The largest absolute Gasteiger partial charge is 0.376 e. The first-order chi connectivity index (χ1) is 5.93. The molecule has 0 unspecified atom stereocenters. The molecule has 0 saturated carbocycles. The van der Waals surface area contributed by atoms with E-state index in [1.165, 1.54) is 5.56 Å². The Labute approximate surface area is 72.6 Å². The molecule has 1 N–H and O–H groups in total. The van der Waals surface area contributed by atoms with Crippen LogP contribution in [0.4, 0.5) is 0 Å². The van der Waals surface area contributed by atoms with Crippen LogP contribution in [0.5, 0.6) is 0 Å². The van der Waals surface area contributed by atoms with Crippen molar-refractivity contribution in [3.8, 4) is 0 Å². The standard InChI is InChI=1S/C9H13N3/c1-10-8-12-7-4-9-2-5-11-6-3-9/h2-3,5-6,8H,4,7H2,1H3,(H,10,12). The summed E-state index contributed by atoms with van der Waals surface area (Å²) in [5, 5.41) is 3.07. The smallest absolute Gasteiger partial charge is 0.0820 e. The van der Waals surface area contributed by atoms with Gasteiger partial charge in [0.05, 0.1) is 6.34 Å². The highest BCUT2D eigenvalue weighted by Crippen LogP contribution is 1.95. The Hall–Kier alpha value is -1.38. The van der Waals surface area contributed by atoms with Crippen LogP contribution in [0.1, 0.15) is 5.56 Å². The molecule has 0 atom stereocenters. The van der Waals surface area contributed by atoms with Gasteiger partial charge in [-0.3, -0.25) is 9.98 Å². The minimum Gasteiger partial charge on any atom is -0.376 e. The molecule has 0 aromatic carbocycles. The fourth-order valence-corrected chi connectivity index (χ4v) is 0.922.